The number of aryl methyl sites for hydroxylation is 1. The van der Waals surface area contributed by atoms with Gasteiger partial charge in [-0.1, -0.05) is 23.2 Å². The number of hydrogen-bond acceptors (Lipinski definition) is 4. The molecule has 2 aromatic heterocycles. The summed E-state index contributed by atoms with van der Waals surface area (Å²) in [5, 5.41) is 3.94. The number of aromatic nitrogens is 3. The van der Waals surface area contributed by atoms with Gasteiger partial charge >= 0.3 is 0 Å². The van der Waals surface area contributed by atoms with Crippen LogP contribution in [0.3, 0.4) is 0 Å². The molecule has 0 unspecified atom stereocenters. The van der Waals surface area contributed by atoms with E-state index in [9.17, 15) is 9.59 Å². The van der Waals surface area contributed by atoms with Crippen LogP contribution in [-0.4, -0.2) is 20.4 Å². The van der Waals surface area contributed by atoms with Crippen LogP contribution in [0.1, 0.15) is 16.2 Å². The summed E-state index contributed by atoms with van der Waals surface area (Å²) in [4.78, 5) is 33.8. The van der Waals surface area contributed by atoms with Crippen molar-refractivity contribution in [3.05, 3.63) is 92.6 Å². The average Bonchev–Trinajstić information content (AvgIpc) is 2.69. The molecule has 0 spiro atoms. The number of fused-ring (bicyclic) bond motifs is 1. The van der Waals surface area contributed by atoms with Gasteiger partial charge in [-0.2, -0.15) is 0 Å². The van der Waals surface area contributed by atoms with Crippen molar-refractivity contribution in [1.82, 2.24) is 14.5 Å². The molecular weight excluding hydrogens is 411 g/mol. The van der Waals surface area contributed by atoms with Crippen LogP contribution in [0.25, 0.3) is 16.7 Å². The fourth-order valence-corrected chi connectivity index (χ4v) is 3.49. The minimum atomic E-state index is -0.355. The van der Waals surface area contributed by atoms with Gasteiger partial charge in [0.2, 0.25) is 0 Å². The number of halogens is 2. The van der Waals surface area contributed by atoms with E-state index in [4.69, 9.17) is 23.2 Å². The summed E-state index contributed by atoms with van der Waals surface area (Å²) in [6.45, 7) is 1.74. The van der Waals surface area contributed by atoms with Gasteiger partial charge < -0.3 is 5.32 Å². The molecule has 144 valence electrons. The Morgan fingerprint density at radius 2 is 1.83 bits per heavy atom. The Hall–Kier alpha value is -3.22. The van der Waals surface area contributed by atoms with Crippen LogP contribution in [0.5, 0.6) is 0 Å². The average molecular weight is 425 g/mol. The molecule has 0 aliphatic carbocycles. The van der Waals surface area contributed by atoms with Crippen LogP contribution in [-0.2, 0) is 0 Å². The number of nitrogens with one attached hydrogen (secondary N) is 1. The zero-order chi connectivity index (χ0) is 20.5. The molecule has 0 bridgehead atoms. The second kappa shape index (κ2) is 7.66. The molecule has 0 saturated heterocycles. The smallest absolute Gasteiger partial charge is 0.267 e. The van der Waals surface area contributed by atoms with Crippen molar-refractivity contribution in [3.8, 4) is 5.69 Å². The monoisotopic (exact) mass is 424 g/mol. The lowest BCUT2D eigenvalue weighted by molar-refractivity contribution is 0.102. The van der Waals surface area contributed by atoms with E-state index in [1.807, 2.05) is 0 Å². The van der Waals surface area contributed by atoms with E-state index in [2.05, 4.69) is 15.3 Å². The van der Waals surface area contributed by atoms with E-state index in [1.54, 1.807) is 61.7 Å². The molecule has 29 heavy (non-hydrogen) atoms. The minimum absolute atomic E-state index is 0.203. The maximum Gasteiger partial charge on any atom is 0.267 e. The topological polar surface area (TPSA) is 76.9 Å². The molecule has 0 atom stereocenters. The van der Waals surface area contributed by atoms with Crippen molar-refractivity contribution >= 4 is 45.8 Å². The number of anilines is 1. The maximum absolute atomic E-state index is 12.9. The van der Waals surface area contributed by atoms with Crippen molar-refractivity contribution in [2.75, 3.05) is 5.32 Å². The summed E-state index contributed by atoms with van der Waals surface area (Å²) < 4.78 is 1.51. The molecular formula is C21H14Cl2N4O2. The second-order valence-electron chi connectivity index (χ2n) is 6.30. The van der Waals surface area contributed by atoms with Gasteiger partial charge in [0.1, 0.15) is 5.82 Å². The summed E-state index contributed by atoms with van der Waals surface area (Å²) in [5.41, 5.74) is 1.72. The minimum Gasteiger partial charge on any atom is -0.322 e. The van der Waals surface area contributed by atoms with E-state index in [-0.39, 0.29) is 16.5 Å². The molecule has 0 fully saturated rings. The molecule has 0 radical (unpaired) electrons. The molecule has 2 heterocycles. The number of nitrogens with zero attached hydrogens (tertiary/aromatic N) is 3. The predicted molar refractivity (Wildman–Crippen MR) is 114 cm³/mol. The molecule has 8 heteroatoms. The number of benzene rings is 2. The van der Waals surface area contributed by atoms with Crippen molar-refractivity contribution in [3.63, 3.8) is 0 Å². The number of carbonyl (C=O) groups excluding carboxylic acids is 1. The first-order chi connectivity index (χ1) is 13.9. The van der Waals surface area contributed by atoms with Gasteiger partial charge in [0.05, 0.1) is 21.7 Å². The lowest BCUT2D eigenvalue weighted by Gasteiger charge is -2.12. The lowest BCUT2D eigenvalue weighted by Crippen LogP contribution is -2.22. The number of hydrogen-bond donors (Lipinski definition) is 1. The van der Waals surface area contributed by atoms with E-state index in [0.29, 0.717) is 38.8 Å². The predicted octanol–water partition coefficient (Wildman–Crippen LogP) is 4.65. The fraction of sp³-hybridized carbons (Fsp3) is 0.0476. The summed E-state index contributed by atoms with van der Waals surface area (Å²) >= 11 is 11.9. The van der Waals surface area contributed by atoms with Crippen LogP contribution < -0.4 is 10.9 Å². The Bertz CT molecular complexity index is 1300. The van der Waals surface area contributed by atoms with Crippen LogP contribution in [0.4, 0.5) is 5.69 Å². The van der Waals surface area contributed by atoms with Gasteiger partial charge in [-0.15, -0.1) is 0 Å². The number of rotatable bonds is 3. The van der Waals surface area contributed by atoms with E-state index in [0.717, 1.165) is 0 Å². The molecule has 1 N–H and O–H groups in total. The highest BCUT2D eigenvalue weighted by Crippen LogP contribution is 2.22. The van der Waals surface area contributed by atoms with E-state index >= 15 is 0 Å². The Morgan fingerprint density at radius 1 is 1.07 bits per heavy atom. The van der Waals surface area contributed by atoms with Gasteiger partial charge in [-0.3, -0.25) is 14.2 Å². The zero-order valence-electron chi connectivity index (χ0n) is 15.2. The first-order valence-electron chi connectivity index (χ1n) is 8.65. The standard InChI is InChI=1S/C21H14Cl2N4O2/c1-12-25-19-17(3-2-10-24-19)21(29)27(12)15-7-5-14(6-8-15)26-20(28)16-9-4-13(22)11-18(16)23/h2-11H,1H3,(H,26,28). The number of pyridine rings is 1. The van der Waals surface area contributed by atoms with E-state index in [1.165, 1.54) is 10.6 Å². The van der Waals surface area contributed by atoms with Crippen molar-refractivity contribution < 1.29 is 4.79 Å². The third-order valence-corrected chi connectivity index (χ3v) is 4.92. The number of amides is 1. The highest BCUT2D eigenvalue weighted by atomic mass is 35.5. The lowest BCUT2D eigenvalue weighted by atomic mass is 10.2. The highest BCUT2D eigenvalue weighted by molar-refractivity contribution is 6.37. The van der Waals surface area contributed by atoms with Gasteiger partial charge in [0, 0.05) is 16.9 Å². The molecule has 4 rings (SSSR count). The van der Waals surface area contributed by atoms with Gasteiger partial charge in [-0.25, -0.2) is 9.97 Å². The van der Waals surface area contributed by atoms with Crippen molar-refractivity contribution in [2.45, 2.75) is 6.92 Å². The SMILES string of the molecule is Cc1nc2ncccc2c(=O)n1-c1ccc(NC(=O)c2ccc(Cl)cc2Cl)cc1. The summed E-state index contributed by atoms with van der Waals surface area (Å²) in [6, 6.07) is 14.9. The van der Waals surface area contributed by atoms with Crippen molar-refractivity contribution in [2.24, 2.45) is 0 Å². The Morgan fingerprint density at radius 3 is 2.55 bits per heavy atom. The zero-order valence-corrected chi connectivity index (χ0v) is 16.7. The van der Waals surface area contributed by atoms with Crippen LogP contribution in [0, 0.1) is 6.92 Å². The second-order valence-corrected chi connectivity index (χ2v) is 7.14. The summed E-state index contributed by atoms with van der Waals surface area (Å²) in [7, 11) is 0. The molecule has 2 aromatic carbocycles. The van der Waals surface area contributed by atoms with Gasteiger partial charge in [0.25, 0.3) is 11.5 Å². The molecule has 6 nitrogen and oxygen atoms in total. The highest BCUT2D eigenvalue weighted by Gasteiger charge is 2.13. The summed E-state index contributed by atoms with van der Waals surface area (Å²) in [5.74, 6) is 0.164. The Balaban J connectivity index is 1.64. The molecule has 0 aliphatic rings. The van der Waals surface area contributed by atoms with Crippen LogP contribution >= 0.6 is 23.2 Å². The fourth-order valence-electron chi connectivity index (χ4n) is 2.99. The first-order valence-corrected chi connectivity index (χ1v) is 9.41. The van der Waals surface area contributed by atoms with Crippen LogP contribution in [0.2, 0.25) is 10.0 Å². The third-order valence-electron chi connectivity index (χ3n) is 4.37. The number of carbonyl (C=O) groups is 1. The maximum atomic E-state index is 12.9. The largest absolute Gasteiger partial charge is 0.322 e. The summed E-state index contributed by atoms with van der Waals surface area (Å²) in [6.07, 6.45) is 1.60. The van der Waals surface area contributed by atoms with Crippen molar-refractivity contribution in [1.29, 1.82) is 0 Å². The first kappa shape index (κ1) is 19.1. The quantitative estimate of drug-likeness (QED) is 0.519. The van der Waals surface area contributed by atoms with Crippen LogP contribution in [0.15, 0.2) is 65.6 Å². The van der Waals surface area contributed by atoms with E-state index < -0.39 is 0 Å². The third kappa shape index (κ3) is 3.72. The Labute approximate surface area is 175 Å². The van der Waals surface area contributed by atoms with Gasteiger partial charge in [-0.05, 0) is 61.5 Å². The van der Waals surface area contributed by atoms with Gasteiger partial charge in [0.15, 0.2) is 5.65 Å². The molecule has 0 aliphatic heterocycles. The molecule has 4 aromatic rings. The Kier molecular flexibility index (Phi) is 5.05. The molecule has 0 saturated carbocycles. The normalized spacial score (nSPS) is 10.9. The molecule has 1 amide bonds.